The maximum Gasteiger partial charge on any atom is 0.337 e. The number of carboxylic acids is 1. The van der Waals surface area contributed by atoms with E-state index in [0.717, 1.165) is 19.2 Å². The monoisotopic (exact) mass is 278 g/mol. The molecular formula is C14H18N2O4. The van der Waals surface area contributed by atoms with Crippen LogP contribution in [0.25, 0.3) is 0 Å². The SMILES string of the molecule is CC1(C(=O)Nc2ccc(O)cc2C(=O)O)CCNCC1. The van der Waals surface area contributed by atoms with Crippen molar-refractivity contribution in [2.45, 2.75) is 19.8 Å². The fourth-order valence-corrected chi connectivity index (χ4v) is 2.30. The van der Waals surface area contributed by atoms with Gasteiger partial charge in [0.05, 0.1) is 11.3 Å². The number of piperidine rings is 1. The van der Waals surface area contributed by atoms with Crippen molar-refractivity contribution in [2.75, 3.05) is 18.4 Å². The predicted octanol–water partition coefficient (Wildman–Crippen LogP) is 1.42. The Bertz CT molecular complexity index is 536. The lowest BCUT2D eigenvalue weighted by atomic mass is 9.80. The molecule has 0 unspecified atom stereocenters. The topological polar surface area (TPSA) is 98.7 Å². The zero-order valence-electron chi connectivity index (χ0n) is 11.3. The number of rotatable bonds is 3. The summed E-state index contributed by atoms with van der Waals surface area (Å²) in [5, 5.41) is 24.3. The summed E-state index contributed by atoms with van der Waals surface area (Å²) < 4.78 is 0. The molecule has 1 aliphatic rings. The number of benzene rings is 1. The summed E-state index contributed by atoms with van der Waals surface area (Å²) in [7, 11) is 0. The number of aromatic carboxylic acids is 1. The molecular weight excluding hydrogens is 260 g/mol. The van der Waals surface area contributed by atoms with E-state index in [9.17, 15) is 14.7 Å². The van der Waals surface area contributed by atoms with Gasteiger partial charge in [0.2, 0.25) is 5.91 Å². The van der Waals surface area contributed by atoms with Crippen LogP contribution in [0.2, 0.25) is 0 Å². The first kappa shape index (κ1) is 14.3. The minimum Gasteiger partial charge on any atom is -0.508 e. The molecule has 1 aromatic rings. The summed E-state index contributed by atoms with van der Waals surface area (Å²) in [6.07, 6.45) is 1.42. The molecule has 1 amide bonds. The molecule has 4 N–H and O–H groups in total. The van der Waals surface area contributed by atoms with E-state index in [1.807, 2.05) is 6.92 Å². The van der Waals surface area contributed by atoms with Gasteiger partial charge in [-0.2, -0.15) is 0 Å². The molecule has 2 rings (SSSR count). The molecule has 6 heteroatoms. The number of phenols is 1. The van der Waals surface area contributed by atoms with E-state index in [4.69, 9.17) is 5.11 Å². The molecule has 1 heterocycles. The lowest BCUT2D eigenvalue weighted by molar-refractivity contribution is -0.126. The van der Waals surface area contributed by atoms with Gasteiger partial charge in [-0.15, -0.1) is 0 Å². The van der Waals surface area contributed by atoms with Gasteiger partial charge in [-0.05, 0) is 44.1 Å². The largest absolute Gasteiger partial charge is 0.508 e. The van der Waals surface area contributed by atoms with Crippen molar-refractivity contribution < 1.29 is 19.8 Å². The lowest BCUT2D eigenvalue weighted by Gasteiger charge is -2.32. The molecule has 1 aromatic carbocycles. The van der Waals surface area contributed by atoms with Gasteiger partial charge in [0.25, 0.3) is 0 Å². The average molecular weight is 278 g/mol. The van der Waals surface area contributed by atoms with E-state index < -0.39 is 11.4 Å². The van der Waals surface area contributed by atoms with Crippen LogP contribution in [-0.2, 0) is 4.79 Å². The molecule has 0 aliphatic carbocycles. The third kappa shape index (κ3) is 2.91. The first-order chi connectivity index (χ1) is 9.42. The first-order valence-corrected chi connectivity index (χ1v) is 6.51. The summed E-state index contributed by atoms with van der Waals surface area (Å²) in [5.74, 6) is -1.52. The van der Waals surface area contributed by atoms with E-state index in [2.05, 4.69) is 10.6 Å². The van der Waals surface area contributed by atoms with Gasteiger partial charge in [-0.1, -0.05) is 6.92 Å². The first-order valence-electron chi connectivity index (χ1n) is 6.51. The van der Waals surface area contributed by atoms with Crippen molar-refractivity contribution in [3.63, 3.8) is 0 Å². The van der Waals surface area contributed by atoms with Crippen molar-refractivity contribution in [2.24, 2.45) is 5.41 Å². The number of nitrogens with one attached hydrogen (secondary N) is 2. The van der Waals surface area contributed by atoms with Crippen molar-refractivity contribution >= 4 is 17.6 Å². The molecule has 0 spiro atoms. The highest BCUT2D eigenvalue weighted by molar-refractivity contribution is 6.02. The van der Waals surface area contributed by atoms with Gasteiger partial charge in [-0.3, -0.25) is 4.79 Å². The van der Waals surface area contributed by atoms with Gasteiger partial charge in [-0.25, -0.2) is 4.79 Å². The fraction of sp³-hybridized carbons (Fsp3) is 0.429. The average Bonchev–Trinajstić information content (AvgIpc) is 2.41. The number of amides is 1. The van der Waals surface area contributed by atoms with Gasteiger partial charge < -0.3 is 20.8 Å². The van der Waals surface area contributed by atoms with Crippen LogP contribution in [0.5, 0.6) is 5.75 Å². The third-order valence-corrected chi connectivity index (χ3v) is 3.74. The number of carboxylic acid groups (broad SMARTS) is 1. The third-order valence-electron chi connectivity index (χ3n) is 3.74. The smallest absolute Gasteiger partial charge is 0.337 e. The summed E-state index contributed by atoms with van der Waals surface area (Å²) in [5.41, 5.74) is -0.408. The van der Waals surface area contributed by atoms with Gasteiger partial charge in [0.1, 0.15) is 5.75 Å². The molecule has 20 heavy (non-hydrogen) atoms. The molecule has 1 aliphatic heterocycles. The second-order valence-corrected chi connectivity index (χ2v) is 5.30. The zero-order chi connectivity index (χ0) is 14.8. The Kier molecular flexibility index (Phi) is 3.94. The number of anilines is 1. The van der Waals surface area contributed by atoms with Gasteiger partial charge >= 0.3 is 5.97 Å². The van der Waals surface area contributed by atoms with E-state index in [1.165, 1.54) is 12.1 Å². The summed E-state index contributed by atoms with van der Waals surface area (Å²) in [6.45, 7) is 3.42. The molecule has 0 radical (unpaired) electrons. The van der Waals surface area contributed by atoms with E-state index in [-0.39, 0.29) is 22.9 Å². The second kappa shape index (κ2) is 5.50. The number of carbonyl (C=O) groups excluding carboxylic acids is 1. The standard InChI is InChI=1S/C14H18N2O4/c1-14(4-6-15-7-5-14)13(20)16-11-3-2-9(17)8-10(11)12(18)19/h2-3,8,15,17H,4-7H2,1H3,(H,16,20)(H,18,19). The quantitative estimate of drug-likeness (QED) is 0.627. The Morgan fingerprint density at radius 3 is 2.55 bits per heavy atom. The highest BCUT2D eigenvalue weighted by Gasteiger charge is 2.35. The van der Waals surface area contributed by atoms with Crippen LogP contribution in [-0.4, -0.2) is 35.2 Å². The Morgan fingerprint density at radius 2 is 1.95 bits per heavy atom. The number of hydrogen-bond donors (Lipinski definition) is 4. The summed E-state index contributed by atoms with van der Waals surface area (Å²) in [6, 6.07) is 3.89. The number of aromatic hydroxyl groups is 1. The van der Waals surface area contributed by atoms with E-state index in [0.29, 0.717) is 12.8 Å². The second-order valence-electron chi connectivity index (χ2n) is 5.30. The predicted molar refractivity (Wildman–Crippen MR) is 73.9 cm³/mol. The van der Waals surface area contributed by atoms with Crippen molar-refractivity contribution in [1.29, 1.82) is 0 Å². The maximum atomic E-state index is 12.4. The fourth-order valence-electron chi connectivity index (χ4n) is 2.30. The van der Waals surface area contributed by atoms with E-state index >= 15 is 0 Å². The maximum absolute atomic E-state index is 12.4. The Balaban J connectivity index is 2.21. The van der Waals surface area contributed by atoms with Crippen molar-refractivity contribution in [1.82, 2.24) is 5.32 Å². The molecule has 1 fully saturated rings. The van der Waals surface area contributed by atoms with Crippen LogP contribution in [0.4, 0.5) is 5.69 Å². The van der Waals surface area contributed by atoms with Crippen LogP contribution in [0.1, 0.15) is 30.1 Å². The highest BCUT2D eigenvalue weighted by atomic mass is 16.4. The number of phenolic OH excluding ortho intramolecular Hbond substituents is 1. The van der Waals surface area contributed by atoms with Crippen LogP contribution in [0.15, 0.2) is 18.2 Å². The molecule has 6 nitrogen and oxygen atoms in total. The summed E-state index contributed by atoms with van der Waals surface area (Å²) in [4.78, 5) is 23.5. The van der Waals surface area contributed by atoms with Crippen LogP contribution in [0, 0.1) is 5.41 Å². The van der Waals surface area contributed by atoms with Gasteiger partial charge in [0, 0.05) is 5.41 Å². The van der Waals surface area contributed by atoms with Crippen LogP contribution in [0.3, 0.4) is 0 Å². The van der Waals surface area contributed by atoms with Crippen LogP contribution >= 0.6 is 0 Å². The minimum absolute atomic E-state index is 0.115. The Labute approximate surface area is 116 Å². The minimum atomic E-state index is -1.19. The molecule has 0 atom stereocenters. The van der Waals surface area contributed by atoms with Crippen molar-refractivity contribution in [3.8, 4) is 5.75 Å². The van der Waals surface area contributed by atoms with Crippen LogP contribution < -0.4 is 10.6 Å². The molecule has 108 valence electrons. The number of hydrogen-bond acceptors (Lipinski definition) is 4. The normalized spacial score (nSPS) is 17.4. The van der Waals surface area contributed by atoms with Crippen molar-refractivity contribution in [3.05, 3.63) is 23.8 Å². The summed E-state index contributed by atoms with van der Waals surface area (Å²) >= 11 is 0. The molecule has 0 saturated carbocycles. The van der Waals surface area contributed by atoms with E-state index in [1.54, 1.807) is 0 Å². The molecule has 1 saturated heterocycles. The molecule has 0 bridgehead atoms. The Morgan fingerprint density at radius 1 is 1.30 bits per heavy atom. The lowest BCUT2D eigenvalue weighted by Crippen LogP contribution is -2.43. The zero-order valence-corrected chi connectivity index (χ0v) is 11.3. The van der Waals surface area contributed by atoms with Gasteiger partial charge in [0.15, 0.2) is 0 Å². The molecule has 0 aromatic heterocycles. The number of carbonyl (C=O) groups is 2. The Hall–Kier alpha value is -2.08. The highest BCUT2D eigenvalue weighted by Crippen LogP contribution is 2.30.